The van der Waals surface area contributed by atoms with Crippen LogP contribution in [0.2, 0.25) is 0 Å². The summed E-state index contributed by atoms with van der Waals surface area (Å²) in [5, 5.41) is 11.6. The van der Waals surface area contributed by atoms with Crippen molar-refractivity contribution in [1.82, 2.24) is 0 Å². The number of hydrogen-bond donors (Lipinski definition) is 1. The molecular formula is C21H24O. The number of aliphatic hydroxyl groups excluding tert-OH is 1. The second kappa shape index (κ2) is 6.50. The van der Waals surface area contributed by atoms with E-state index in [9.17, 15) is 0 Å². The molecule has 0 heterocycles. The summed E-state index contributed by atoms with van der Waals surface area (Å²) >= 11 is 0. The Bertz CT molecular complexity index is 737. The lowest BCUT2D eigenvalue weighted by Gasteiger charge is -2.23. The van der Waals surface area contributed by atoms with Gasteiger partial charge < -0.3 is 5.11 Å². The summed E-state index contributed by atoms with van der Waals surface area (Å²) in [6.45, 7) is 6.80. The van der Waals surface area contributed by atoms with Gasteiger partial charge in [0, 0.05) is 6.61 Å². The molecule has 22 heavy (non-hydrogen) atoms. The molecule has 1 aliphatic carbocycles. The maximum atomic E-state index is 8.92. The van der Waals surface area contributed by atoms with E-state index in [2.05, 4.69) is 49.9 Å². The van der Waals surface area contributed by atoms with Crippen molar-refractivity contribution in [3.05, 3.63) is 59.7 Å². The number of allylic oxidation sites excluding steroid dienone is 3. The van der Waals surface area contributed by atoms with Crippen molar-refractivity contribution in [2.45, 2.75) is 39.0 Å². The van der Waals surface area contributed by atoms with Gasteiger partial charge in [0.15, 0.2) is 0 Å². The lowest BCUT2D eigenvalue weighted by atomic mass is 9.82. The molecule has 0 atom stereocenters. The van der Waals surface area contributed by atoms with E-state index in [1.54, 1.807) is 0 Å². The summed E-state index contributed by atoms with van der Waals surface area (Å²) in [5.41, 5.74) is 6.73. The first kappa shape index (κ1) is 15.1. The van der Waals surface area contributed by atoms with Gasteiger partial charge in [-0.25, -0.2) is 0 Å². The van der Waals surface area contributed by atoms with E-state index >= 15 is 0 Å². The van der Waals surface area contributed by atoms with Gasteiger partial charge in [-0.15, -0.1) is 0 Å². The van der Waals surface area contributed by atoms with Crippen LogP contribution in [0.15, 0.2) is 43.0 Å². The van der Waals surface area contributed by atoms with Crippen molar-refractivity contribution in [3.63, 3.8) is 0 Å². The average Bonchev–Trinajstić information content (AvgIpc) is 2.53. The Hall–Kier alpha value is -1.86. The van der Waals surface area contributed by atoms with Crippen LogP contribution in [0.5, 0.6) is 0 Å². The Morgan fingerprint density at radius 1 is 1.09 bits per heavy atom. The lowest BCUT2D eigenvalue weighted by molar-refractivity contribution is 0.283. The first-order valence-electron chi connectivity index (χ1n) is 8.23. The molecule has 0 aliphatic heterocycles. The van der Waals surface area contributed by atoms with Crippen molar-refractivity contribution in [3.8, 4) is 0 Å². The first-order chi connectivity index (χ1) is 10.7. The van der Waals surface area contributed by atoms with Crippen LogP contribution in [0, 0.1) is 6.92 Å². The quantitative estimate of drug-likeness (QED) is 0.721. The van der Waals surface area contributed by atoms with E-state index in [1.165, 1.54) is 38.6 Å². The minimum atomic E-state index is 0.302. The molecule has 3 rings (SSSR count). The zero-order valence-corrected chi connectivity index (χ0v) is 13.4. The third-order valence-corrected chi connectivity index (χ3v) is 4.65. The van der Waals surface area contributed by atoms with Gasteiger partial charge in [-0.05, 0) is 71.2 Å². The molecule has 1 nitrogen and oxygen atoms in total. The van der Waals surface area contributed by atoms with Crippen LogP contribution in [0.1, 0.15) is 48.8 Å². The largest absolute Gasteiger partial charge is 0.396 e. The molecule has 0 spiro atoms. The summed E-state index contributed by atoms with van der Waals surface area (Å²) in [6.07, 6.45) is 7.53. The van der Waals surface area contributed by atoms with E-state index in [1.807, 2.05) is 0 Å². The third kappa shape index (κ3) is 2.74. The second-order valence-electron chi connectivity index (χ2n) is 6.23. The van der Waals surface area contributed by atoms with Gasteiger partial charge in [0.2, 0.25) is 0 Å². The number of rotatable bonds is 5. The number of hydrogen-bond acceptors (Lipinski definition) is 1. The van der Waals surface area contributed by atoms with Crippen LogP contribution in [-0.2, 0) is 0 Å². The van der Waals surface area contributed by atoms with Crippen LogP contribution in [0.3, 0.4) is 0 Å². The highest BCUT2D eigenvalue weighted by atomic mass is 16.2. The molecule has 0 aromatic heterocycles. The molecule has 0 bridgehead atoms. The number of aliphatic hydroxyl groups is 1. The molecule has 0 unspecified atom stereocenters. The SMILES string of the molecule is C=C1CC=C(CCCCCO)c2ccc3cccc(C)c3c21. The highest BCUT2D eigenvalue weighted by Gasteiger charge is 2.18. The van der Waals surface area contributed by atoms with Gasteiger partial charge in [-0.1, -0.05) is 49.4 Å². The van der Waals surface area contributed by atoms with Gasteiger partial charge >= 0.3 is 0 Å². The normalized spacial score (nSPS) is 14.1. The molecule has 0 saturated heterocycles. The van der Waals surface area contributed by atoms with Crippen LogP contribution >= 0.6 is 0 Å². The van der Waals surface area contributed by atoms with Gasteiger partial charge in [0.25, 0.3) is 0 Å². The topological polar surface area (TPSA) is 20.2 Å². The second-order valence-corrected chi connectivity index (χ2v) is 6.23. The summed E-state index contributed by atoms with van der Waals surface area (Å²) in [7, 11) is 0. The third-order valence-electron chi connectivity index (χ3n) is 4.65. The fraction of sp³-hybridized carbons (Fsp3) is 0.333. The van der Waals surface area contributed by atoms with Gasteiger partial charge in [-0.3, -0.25) is 0 Å². The smallest absolute Gasteiger partial charge is 0.0431 e. The summed E-state index contributed by atoms with van der Waals surface area (Å²) in [5.74, 6) is 0. The Kier molecular flexibility index (Phi) is 4.44. The van der Waals surface area contributed by atoms with E-state index in [-0.39, 0.29) is 0 Å². The number of benzene rings is 2. The number of unbranched alkanes of at least 4 members (excludes halogenated alkanes) is 2. The fourth-order valence-corrected chi connectivity index (χ4v) is 3.50. The first-order valence-corrected chi connectivity index (χ1v) is 8.23. The van der Waals surface area contributed by atoms with Crippen LogP contribution in [0.25, 0.3) is 21.9 Å². The Balaban J connectivity index is 2.01. The predicted octanol–water partition coefficient (Wildman–Crippen LogP) is 5.50. The molecule has 1 aliphatic rings. The van der Waals surface area contributed by atoms with Gasteiger partial charge in [0.1, 0.15) is 0 Å². The van der Waals surface area contributed by atoms with Crippen molar-refractivity contribution >= 4 is 21.9 Å². The molecule has 0 radical (unpaired) electrons. The molecule has 2 aromatic rings. The molecule has 0 saturated carbocycles. The highest BCUT2D eigenvalue weighted by Crippen LogP contribution is 2.40. The maximum absolute atomic E-state index is 8.92. The fourth-order valence-electron chi connectivity index (χ4n) is 3.50. The van der Waals surface area contributed by atoms with Crippen molar-refractivity contribution in [2.24, 2.45) is 0 Å². The molecule has 2 aromatic carbocycles. The molecular weight excluding hydrogens is 268 g/mol. The van der Waals surface area contributed by atoms with Crippen molar-refractivity contribution in [2.75, 3.05) is 6.61 Å². The minimum absolute atomic E-state index is 0.302. The zero-order valence-electron chi connectivity index (χ0n) is 13.4. The van der Waals surface area contributed by atoms with E-state index < -0.39 is 0 Å². The molecule has 0 amide bonds. The minimum Gasteiger partial charge on any atom is -0.396 e. The summed E-state index contributed by atoms with van der Waals surface area (Å²) in [6, 6.07) is 11.0. The monoisotopic (exact) mass is 292 g/mol. The molecule has 0 fully saturated rings. The Labute approximate surface area is 133 Å². The van der Waals surface area contributed by atoms with E-state index in [0.29, 0.717) is 6.61 Å². The lowest BCUT2D eigenvalue weighted by Crippen LogP contribution is -2.01. The van der Waals surface area contributed by atoms with E-state index in [0.717, 1.165) is 32.1 Å². The highest BCUT2D eigenvalue weighted by molar-refractivity contribution is 6.02. The van der Waals surface area contributed by atoms with Gasteiger partial charge in [-0.2, -0.15) is 0 Å². The maximum Gasteiger partial charge on any atom is 0.0431 e. The predicted molar refractivity (Wildman–Crippen MR) is 95.9 cm³/mol. The van der Waals surface area contributed by atoms with E-state index in [4.69, 9.17) is 5.11 Å². The Morgan fingerprint density at radius 2 is 1.95 bits per heavy atom. The number of aryl methyl sites for hydroxylation is 1. The Morgan fingerprint density at radius 3 is 2.77 bits per heavy atom. The van der Waals surface area contributed by atoms with Gasteiger partial charge in [0.05, 0.1) is 0 Å². The van der Waals surface area contributed by atoms with Crippen LogP contribution < -0.4 is 0 Å². The van der Waals surface area contributed by atoms with Crippen molar-refractivity contribution in [1.29, 1.82) is 0 Å². The molecule has 1 N–H and O–H groups in total. The average molecular weight is 292 g/mol. The van der Waals surface area contributed by atoms with Crippen LogP contribution in [0.4, 0.5) is 0 Å². The summed E-state index contributed by atoms with van der Waals surface area (Å²) < 4.78 is 0. The summed E-state index contributed by atoms with van der Waals surface area (Å²) in [4.78, 5) is 0. The number of fused-ring (bicyclic) bond motifs is 3. The standard InChI is InChI=1S/C21H24O/c1-15-7-6-9-18-12-13-19-17(8-4-3-5-14-22)11-10-16(2)21(19)20(15)18/h6-7,9,11-13,22H,2-5,8,10,14H2,1H3. The van der Waals surface area contributed by atoms with Crippen molar-refractivity contribution < 1.29 is 5.11 Å². The zero-order chi connectivity index (χ0) is 15.5. The van der Waals surface area contributed by atoms with Crippen LogP contribution in [-0.4, -0.2) is 11.7 Å². The molecule has 1 heteroatoms. The molecule has 114 valence electrons.